The number of aliphatic hydroxyl groups is 9. The summed E-state index contributed by atoms with van der Waals surface area (Å²) < 4.78 is 56.3. The van der Waals surface area contributed by atoms with Crippen LogP contribution in [0.3, 0.4) is 0 Å². The number of ether oxygens (including phenoxy) is 9. The molecule has 68 heavy (non-hydrogen) atoms. The number of phenols is 3. The number of rotatable bonds is 14. The molecule has 0 radical (unpaired) electrons. The summed E-state index contributed by atoms with van der Waals surface area (Å²) in [5.74, 6) is -3.72. The first kappa shape index (κ1) is 50.0. The normalized spacial score (nSPS) is 31.9. The number of benzene rings is 3. The van der Waals surface area contributed by atoms with Gasteiger partial charge < -0.3 is 108 Å². The van der Waals surface area contributed by atoms with Crippen molar-refractivity contribution in [3.63, 3.8) is 0 Å². The predicted octanol–water partition coefficient (Wildman–Crippen LogP) is -1.93. The van der Waals surface area contributed by atoms with Crippen molar-refractivity contribution < 1.29 is 113 Å². The molecule has 3 aromatic carbocycles. The van der Waals surface area contributed by atoms with Crippen molar-refractivity contribution in [2.75, 3.05) is 27.4 Å². The van der Waals surface area contributed by atoms with E-state index in [0.29, 0.717) is 5.56 Å². The largest absolute Gasteiger partial charge is 0.507 e. The van der Waals surface area contributed by atoms with Gasteiger partial charge >= 0.3 is 5.97 Å². The van der Waals surface area contributed by atoms with Crippen molar-refractivity contribution in [1.82, 2.24) is 0 Å². The van der Waals surface area contributed by atoms with Gasteiger partial charge in [-0.3, -0.25) is 4.79 Å². The van der Waals surface area contributed by atoms with Crippen LogP contribution < -0.4 is 24.4 Å². The molecule has 15 atom stereocenters. The molecule has 1 aromatic heterocycles. The van der Waals surface area contributed by atoms with Gasteiger partial charge in [0.25, 0.3) is 0 Å². The fraction of sp³-hybridized carbons (Fsp3) is 0.455. The smallest absolute Gasteiger partial charge is 0.330 e. The van der Waals surface area contributed by atoms with Crippen molar-refractivity contribution in [3.05, 3.63) is 70.4 Å². The van der Waals surface area contributed by atoms with E-state index in [1.165, 1.54) is 63.6 Å². The molecule has 12 N–H and O–H groups in total. The van der Waals surface area contributed by atoms with Crippen LogP contribution in [-0.4, -0.2) is 187 Å². The van der Waals surface area contributed by atoms with Crippen LogP contribution in [0.5, 0.6) is 40.2 Å². The predicted molar refractivity (Wildman–Crippen MR) is 225 cm³/mol. The summed E-state index contributed by atoms with van der Waals surface area (Å²) in [5.41, 5.74) is -1.10. The summed E-state index contributed by atoms with van der Waals surface area (Å²) in [6, 6.07) is 9.97. The molecule has 4 aromatic rings. The zero-order valence-corrected chi connectivity index (χ0v) is 36.1. The molecule has 15 unspecified atom stereocenters. The first-order valence-corrected chi connectivity index (χ1v) is 20.8. The summed E-state index contributed by atoms with van der Waals surface area (Å²) in [6.45, 7) is -0.264. The van der Waals surface area contributed by atoms with E-state index in [1.54, 1.807) is 0 Å². The number of fused-ring (bicyclic) bond motifs is 1. The molecule has 0 spiro atoms. The number of hydrogen-bond donors (Lipinski definition) is 12. The molecule has 7 rings (SSSR count). The molecule has 4 heterocycles. The van der Waals surface area contributed by atoms with Crippen LogP contribution in [0.15, 0.2) is 63.8 Å². The molecule has 3 aliphatic rings. The van der Waals surface area contributed by atoms with Gasteiger partial charge in [0.1, 0.15) is 90.1 Å². The van der Waals surface area contributed by atoms with E-state index in [4.69, 9.17) is 47.0 Å². The monoisotopic (exact) mass is 962 g/mol. The average Bonchev–Trinajstić information content (AvgIpc) is 3.32. The van der Waals surface area contributed by atoms with Crippen LogP contribution in [0, 0.1) is 0 Å². The minimum absolute atomic E-state index is 0.0258. The first-order valence-electron chi connectivity index (χ1n) is 20.8. The highest BCUT2D eigenvalue weighted by molar-refractivity contribution is 5.89. The number of hydrogen-bond acceptors (Lipinski definition) is 24. The number of carbonyl (C=O) groups excluding carboxylic acids is 1. The third-order valence-electron chi connectivity index (χ3n) is 11.4. The fourth-order valence-electron chi connectivity index (χ4n) is 7.59. The van der Waals surface area contributed by atoms with Crippen LogP contribution >= 0.6 is 0 Å². The summed E-state index contributed by atoms with van der Waals surface area (Å²) in [6.07, 6.45) is -24.5. The zero-order chi connectivity index (χ0) is 49.3. The lowest BCUT2D eigenvalue weighted by molar-refractivity contribution is -0.358. The highest BCUT2D eigenvalue weighted by atomic mass is 16.8. The highest BCUT2D eigenvalue weighted by Crippen LogP contribution is 2.41. The summed E-state index contributed by atoms with van der Waals surface area (Å²) in [7, 11) is 2.56. The van der Waals surface area contributed by atoms with Gasteiger partial charge in [-0.1, -0.05) is 6.07 Å². The molecule has 0 amide bonds. The molecule has 24 heteroatoms. The van der Waals surface area contributed by atoms with E-state index >= 15 is 0 Å². The Kier molecular flexibility index (Phi) is 15.3. The molecule has 0 aliphatic carbocycles. The van der Waals surface area contributed by atoms with Gasteiger partial charge in [0, 0.05) is 23.8 Å². The Bertz CT molecular complexity index is 2510. The van der Waals surface area contributed by atoms with Crippen molar-refractivity contribution in [2.45, 2.75) is 99.0 Å². The van der Waals surface area contributed by atoms with E-state index in [9.17, 15) is 70.9 Å². The second-order valence-electron chi connectivity index (χ2n) is 15.9. The minimum atomic E-state index is -2.10. The number of phenolic OH excluding ortho intramolecular Hbond substituents is 3. The van der Waals surface area contributed by atoms with Gasteiger partial charge in [-0.25, -0.2) is 4.79 Å². The summed E-state index contributed by atoms with van der Waals surface area (Å²) in [4.78, 5) is 27.2. The third-order valence-corrected chi connectivity index (χ3v) is 11.4. The van der Waals surface area contributed by atoms with Crippen LogP contribution in [0.2, 0.25) is 0 Å². The lowest BCUT2D eigenvalue weighted by Crippen LogP contribution is -2.65. The number of esters is 1. The van der Waals surface area contributed by atoms with Gasteiger partial charge in [0.2, 0.25) is 23.8 Å². The molecular weight excluding hydrogens is 912 g/mol. The van der Waals surface area contributed by atoms with Crippen molar-refractivity contribution in [2.24, 2.45) is 0 Å². The Morgan fingerprint density at radius 1 is 0.676 bits per heavy atom. The van der Waals surface area contributed by atoms with Gasteiger partial charge in [0.05, 0.1) is 26.9 Å². The van der Waals surface area contributed by atoms with Gasteiger partial charge in [-0.2, -0.15) is 0 Å². The number of carbonyl (C=O) groups is 1. The topological polar surface area (TPSA) is 373 Å². The van der Waals surface area contributed by atoms with E-state index in [0.717, 1.165) is 18.2 Å². The van der Waals surface area contributed by atoms with Crippen LogP contribution in [-0.2, 0) is 28.5 Å². The van der Waals surface area contributed by atoms with E-state index < -0.39 is 139 Å². The van der Waals surface area contributed by atoms with Crippen LogP contribution in [0.25, 0.3) is 28.4 Å². The molecule has 0 saturated carbocycles. The van der Waals surface area contributed by atoms with Crippen LogP contribution in [0.1, 0.15) is 12.5 Å². The Hall–Kier alpha value is -5.84. The van der Waals surface area contributed by atoms with Crippen molar-refractivity contribution in [3.8, 4) is 51.6 Å². The quantitative estimate of drug-likeness (QED) is 0.0483. The number of aromatic hydroxyl groups is 3. The van der Waals surface area contributed by atoms with Gasteiger partial charge in [-0.05, 0) is 48.9 Å². The fourth-order valence-corrected chi connectivity index (χ4v) is 7.59. The summed E-state index contributed by atoms with van der Waals surface area (Å²) in [5, 5.41) is 127. The summed E-state index contributed by atoms with van der Waals surface area (Å²) >= 11 is 0. The maximum absolute atomic E-state index is 14.5. The Morgan fingerprint density at radius 2 is 1.31 bits per heavy atom. The Labute approximate surface area is 384 Å². The van der Waals surface area contributed by atoms with E-state index in [1.807, 2.05) is 0 Å². The molecule has 3 saturated heterocycles. The molecule has 24 nitrogen and oxygen atoms in total. The zero-order valence-electron chi connectivity index (χ0n) is 36.1. The maximum atomic E-state index is 14.5. The Balaban J connectivity index is 1.20. The molecular formula is C44H50O24. The maximum Gasteiger partial charge on any atom is 0.330 e. The Morgan fingerprint density at radius 3 is 2.00 bits per heavy atom. The van der Waals surface area contributed by atoms with Crippen molar-refractivity contribution >= 4 is 23.0 Å². The third kappa shape index (κ3) is 10.1. The highest BCUT2D eigenvalue weighted by Gasteiger charge is 2.52. The number of methoxy groups -OCH3 is 2. The average molecular weight is 963 g/mol. The van der Waals surface area contributed by atoms with E-state index in [2.05, 4.69) is 0 Å². The van der Waals surface area contributed by atoms with Crippen molar-refractivity contribution in [1.29, 1.82) is 0 Å². The molecule has 0 bridgehead atoms. The van der Waals surface area contributed by atoms with Gasteiger partial charge in [0.15, 0.2) is 41.2 Å². The molecule has 3 fully saturated rings. The lowest BCUT2D eigenvalue weighted by atomic mass is 9.97. The second-order valence-corrected chi connectivity index (χ2v) is 15.9. The second kappa shape index (κ2) is 20.8. The lowest BCUT2D eigenvalue weighted by Gasteiger charge is -2.45. The molecule has 3 aliphatic heterocycles. The van der Waals surface area contributed by atoms with Gasteiger partial charge in [-0.15, -0.1) is 0 Å². The number of aliphatic hydroxyl groups excluding tert-OH is 9. The minimum Gasteiger partial charge on any atom is -0.507 e. The van der Waals surface area contributed by atoms with E-state index in [-0.39, 0.29) is 39.9 Å². The standard InChI is InChI=1S/C44H50O24/c1-16-30(50)34(54)37(57)42(62-16)63-19-12-22(48)29-25(13-19)64-39(18-6-8-21(47)24(11-18)60-3)40(33(29)53)67-44-41(36(56)31(51)26(14-45)65-44)68-43-38(58)35(55)32(52)27(66-43)15-61-28(49)9-5-17-4-7-20(46)23(10-17)59-2/h4-13,16,26-27,30-32,34-38,41-48,50-52,54-58H,14-15H2,1-3H3. The molecule has 370 valence electrons. The van der Waals surface area contributed by atoms with Crippen LogP contribution in [0.4, 0.5) is 0 Å². The first-order chi connectivity index (χ1) is 32.3. The SMILES string of the molecule is COc1cc(C=CC(=O)OCC2OC(OC3C(Oc4c(-c5ccc(O)c(OC)c5)oc5cc(OC6OC(C)C(O)C(O)C6O)cc(O)c5c4=O)OC(CO)C(O)C3O)C(O)C(O)C2O)ccc1O.